The molecule has 0 aliphatic heterocycles. The van der Waals surface area contributed by atoms with Gasteiger partial charge in [0.05, 0.1) is 0 Å². The monoisotopic (exact) mass is 255 g/mol. The van der Waals surface area contributed by atoms with Crippen molar-refractivity contribution in [1.29, 1.82) is 0 Å². The predicted molar refractivity (Wildman–Crippen MR) is 83.3 cm³/mol. The molecule has 1 nitrogen and oxygen atoms in total. The summed E-state index contributed by atoms with van der Waals surface area (Å²) in [6, 6.07) is 0. The van der Waals surface area contributed by atoms with E-state index in [9.17, 15) is 0 Å². The first-order chi connectivity index (χ1) is 7.24. The summed E-state index contributed by atoms with van der Waals surface area (Å²) in [5, 5.41) is 3.10. The average molecular weight is 256 g/mol. The van der Waals surface area contributed by atoms with Crippen LogP contribution in [-0.2, 0) is 0 Å². The Morgan fingerprint density at radius 1 is 1.07 bits per heavy atom. The summed E-state index contributed by atoms with van der Waals surface area (Å²) in [5.74, 6) is 0. The third-order valence-electron chi connectivity index (χ3n) is 1.03. The van der Waals surface area contributed by atoms with Crippen molar-refractivity contribution >= 4 is 22.5 Å². The average Bonchev–Trinajstić information content (AvgIpc) is 2.24. The molecule has 0 spiro atoms. The van der Waals surface area contributed by atoms with Gasteiger partial charge in [0, 0.05) is 0 Å². The molecular formula is C12H33NS2. The molecule has 0 saturated carbocycles. The third kappa shape index (κ3) is 108. The highest BCUT2D eigenvalue weighted by Crippen LogP contribution is 1.91. The first-order valence-corrected chi connectivity index (χ1v) is 8.34. The Morgan fingerprint density at radius 3 is 1.60 bits per heavy atom. The molecule has 0 heterocycles. The maximum atomic E-state index is 3.71. The standard InChI is InChI=1S/C6H15N.C3H8.C2H6.CH4S2/c1-3-4-5-6-7-2;1-3-2;1-2;1-3-2/h7H,3-6H2,1-2H3;3H2,1-2H3;1-2H3;2H,1H3. The van der Waals surface area contributed by atoms with Crippen LogP contribution in [0.5, 0.6) is 0 Å². The van der Waals surface area contributed by atoms with Crippen molar-refractivity contribution in [2.75, 3.05) is 19.8 Å². The molecule has 0 saturated heterocycles. The van der Waals surface area contributed by atoms with Gasteiger partial charge in [0.1, 0.15) is 0 Å². The molecule has 1 N–H and O–H groups in total. The Kier molecular flexibility index (Phi) is 76.9. The van der Waals surface area contributed by atoms with Gasteiger partial charge in [0.15, 0.2) is 0 Å². The fraction of sp³-hybridized carbons (Fsp3) is 1.00. The second-order valence-electron chi connectivity index (χ2n) is 2.70. The third-order valence-corrected chi connectivity index (χ3v) is 1.03. The van der Waals surface area contributed by atoms with Gasteiger partial charge in [-0.2, -0.15) is 0 Å². The van der Waals surface area contributed by atoms with Crippen LogP contribution in [-0.4, -0.2) is 19.8 Å². The minimum absolute atomic E-state index is 1.17. The molecule has 0 aliphatic carbocycles. The molecule has 0 aromatic rings. The van der Waals surface area contributed by atoms with E-state index >= 15 is 0 Å². The number of unbranched alkanes of at least 4 members (excludes halogenated alkanes) is 2. The number of nitrogens with one attached hydrogen (secondary N) is 1. The van der Waals surface area contributed by atoms with Crippen LogP contribution in [0.1, 0.15) is 60.3 Å². The van der Waals surface area contributed by atoms with Crippen molar-refractivity contribution < 1.29 is 0 Å². The van der Waals surface area contributed by atoms with Crippen molar-refractivity contribution in [2.24, 2.45) is 0 Å². The first kappa shape index (κ1) is 24.8. The van der Waals surface area contributed by atoms with Crippen LogP contribution in [0, 0.1) is 0 Å². The molecule has 0 unspecified atom stereocenters. The molecule has 0 amide bonds. The predicted octanol–water partition coefficient (Wildman–Crippen LogP) is 5.03. The van der Waals surface area contributed by atoms with Crippen LogP contribution in [0.3, 0.4) is 0 Å². The molecule has 0 fully saturated rings. The lowest BCUT2D eigenvalue weighted by Gasteiger charge is -1.93. The second-order valence-corrected chi connectivity index (χ2v) is 4.16. The number of thiol groups is 1. The molecular weight excluding hydrogens is 222 g/mol. The van der Waals surface area contributed by atoms with E-state index in [2.05, 4.69) is 37.7 Å². The van der Waals surface area contributed by atoms with Crippen LogP contribution in [0.25, 0.3) is 0 Å². The highest BCUT2D eigenvalue weighted by atomic mass is 33.1. The Bertz CT molecular complexity index is 46.9. The zero-order chi connectivity index (χ0) is 12.9. The second kappa shape index (κ2) is 46.6. The summed E-state index contributed by atoms with van der Waals surface area (Å²) >= 11 is 3.71. The number of hydrogen-bond donors (Lipinski definition) is 2. The molecule has 15 heavy (non-hydrogen) atoms. The Labute approximate surface area is 108 Å². The smallest absolute Gasteiger partial charge is 0.00519 e. The summed E-state index contributed by atoms with van der Waals surface area (Å²) in [6.45, 7) is 11.6. The lowest BCUT2D eigenvalue weighted by atomic mass is 10.2. The summed E-state index contributed by atoms with van der Waals surface area (Å²) in [7, 11) is 3.44. The largest absolute Gasteiger partial charge is 0.320 e. The summed E-state index contributed by atoms with van der Waals surface area (Å²) in [4.78, 5) is 0. The van der Waals surface area contributed by atoms with Gasteiger partial charge in [-0.25, -0.2) is 0 Å². The van der Waals surface area contributed by atoms with E-state index in [0.717, 1.165) is 0 Å². The summed E-state index contributed by atoms with van der Waals surface area (Å²) in [6.07, 6.45) is 7.17. The van der Waals surface area contributed by atoms with Gasteiger partial charge < -0.3 is 5.32 Å². The lowest BCUT2D eigenvalue weighted by Crippen LogP contribution is -2.06. The van der Waals surface area contributed by atoms with E-state index in [4.69, 9.17) is 0 Å². The number of rotatable bonds is 4. The highest BCUT2D eigenvalue weighted by molar-refractivity contribution is 8.68. The maximum absolute atomic E-state index is 3.71. The van der Waals surface area contributed by atoms with Gasteiger partial charge in [-0.15, -0.1) is 22.5 Å². The Morgan fingerprint density at radius 2 is 1.40 bits per heavy atom. The molecule has 0 rings (SSSR count). The normalized spacial score (nSPS) is 7.20. The molecule has 3 heteroatoms. The van der Waals surface area contributed by atoms with E-state index in [1.54, 1.807) is 0 Å². The fourth-order valence-corrected chi connectivity index (χ4v) is 0.552. The zero-order valence-electron chi connectivity index (χ0n) is 11.9. The van der Waals surface area contributed by atoms with E-state index in [-0.39, 0.29) is 0 Å². The van der Waals surface area contributed by atoms with Gasteiger partial charge in [-0.1, -0.05) is 53.9 Å². The van der Waals surface area contributed by atoms with Crippen LogP contribution in [0.2, 0.25) is 0 Å². The summed E-state index contributed by atoms with van der Waals surface area (Å²) in [5.41, 5.74) is 0. The van der Waals surface area contributed by atoms with Gasteiger partial charge in [-0.3, -0.25) is 0 Å². The first-order valence-electron chi connectivity index (χ1n) is 6.07. The van der Waals surface area contributed by atoms with Crippen molar-refractivity contribution in [3.63, 3.8) is 0 Å². The molecule has 0 atom stereocenters. The number of hydrogen-bond acceptors (Lipinski definition) is 3. The summed E-state index contributed by atoms with van der Waals surface area (Å²) < 4.78 is 0. The van der Waals surface area contributed by atoms with Crippen LogP contribution in [0.4, 0.5) is 0 Å². The fourth-order valence-electron chi connectivity index (χ4n) is 0.552. The molecule has 0 radical (unpaired) electrons. The minimum atomic E-state index is 1.17. The topological polar surface area (TPSA) is 12.0 Å². The van der Waals surface area contributed by atoms with Crippen LogP contribution in [0.15, 0.2) is 0 Å². The van der Waals surface area contributed by atoms with Crippen LogP contribution >= 0.6 is 22.5 Å². The SMILES string of the molecule is CC.CCC.CCCCCNC.CSS. The van der Waals surface area contributed by atoms with Crippen LogP contribution < -0.4 is 5.32 Å². The van der Waals surface area contributed by atoms with Crippen molar-refractivity contribution in [1.82, 2.24) is 5.32 Å². The molecule has 98 valence electrons. The van der Waals surface area contributed by atoms with Gasteiger partial charge in [0.2, 0.25) is 0 Å². The quantitative estimate of drug-likeness (QED) is 0.415. The molecule has 0 aliphatic rings. The van der Waals surface area contributed by atoms with Gasteiger partial charge >= 0.3 is 0 Å². The lowest BCUT2D eigenvalue weighted by molar-refractivity contribution is 0.667. The molecule has 0 aromatic carbocycles. The maximum Gasteiger partial charge on any atom is -0.00519 e. The van der Waals surface area contributed by atoms with Crippen molar-refractivity contribution in [2.45, 2.75) is 60.3 Å². The zero-order valence-corrected chi connectivity index (χ0v) is 13.6. The Hall–Kier alpha value is 0.660. The molecule has 0 aromatic heterocycles. The molecule has 0 bridgehead atoms. The minimum Gasteiger partial charge on any atom is -0.320 e. The van der Waals surface area contributed by atoms with E-state index in [1.165, 1.54) is 43.0 Å². The highest BCUT2D eigenvalue weighted by Gasteiger charge is 1.78. The van der Waals surface area contributed by atoms with Gasteiger partial charge in [0.25, 0.3) is 0 Å². The van der Waals surface area contributed by atoms with Gasteiger partial charge in [-0.05, 0) is 26.3 Å². The van der Waals surface area contributed by atoms with Crippen molar-refractivity contribution in [3.8, 4) is 0 Å². The Balaban J connectivity index is -0.0000000638. The van der Waals surface area contributed by atoms with E-state index in [0.29, 0.717) is 0 Å². The van der Waals surface area contributed by atoms with E-state index in [1.807, 2.05) is 27.2 Å². The van der Waals surface area contributed by atoms with Crippen molar-refractivity contribution in [3.05, 3.63) is 0 Å². The van der Waals surface area contributed by atoms with E-state index < -0.39 is 0 Å².